The van der Waals surface area contributed by atoms with Crippen molar-refractivity contribution in [3.05, 3.63) is 77.9 Å². The zero-order chi connectivity index (χ0) is 20.1. The molecule has 0 bridgehead atoms. The Bertz CT molecular complexity index is 1020. The maximum absolute atomic E-state index is 12.8. The van der Waals surface area contributed by atoms with Gasteiger partial charge in [-0.2, -0.15) is 9.29 Å². The molecular weight excluding hydrogens is 390 g/mol. The summed E-state index contributed by atoms with van der Waals surface area (Å²) in [7, 11) is -3.49. The maximum Gasteiger partial charge on any atom is 0.243 e. The molecule has 0 saturated carbocycles. The lowest BCUT2D eigenvalue weighted by Gasteiger charge is -2.15. The number of aromatic nitrogens is 2. The van der Waals surface area contributed by atoms with E-state index in [1.165, 1.54) is 4.31 Å². The van der Waals surface area contributed by atoms with E-state index in [2.05, 4.69) is 10.1 Å². The zero-order valence-electron chi connectivity index (χ0n) is 16.0. The third kappa shape index (κ3) is 4.72. The van der Waals surface area contributed by atoms with Crippen LogP contribution in [-0.2, 0) is 27.8 Å². The molecule has 0 spiro atoms. The van der Waals surface area contributed by atoms with E-state index in [1.807, 2.05) is 30.3 Å². The van der Waals surface area contributed by atoms with Gasteiger partial charge < -0.3 is 9.26 Å². The van der Waals surface area contributed by atoms with Gasteiger partial charge in [-0.1, -0.05) is 53.7 Å². The van der Waals surface area contributed by atoms with E-state index < -0.39 is 10.0 Å². The van der Waals surface area contributed by atoms with E-state index in [1.54, 1.807) is 30.3 Å². The molecule has 2 heterocycles. The number of nitrogens with zero attached hydrogens (tertiary/aromatic N) is 3. The van der Waals surface area contributed by atoms with E-state index in [0.29, 0.717) is 55.8 Å². The molecule has 3 aromatic rings. The number of sulfonamides is 1. The minimum Gasteiger partial charge on any atom is -0.376 e. The summed E-state index contributed by atoms with van der Waals surface area (Å²) in [4.78, 5) is 4.75. The van der Waals surface area contributed by atoms with Gasteiger partial charge in [0.2, 0.25) is 15.9 Å². The molecule has 0 aliphatic carbocycles. The minimum absolute atomic E-state index is 0.0834. The molecule has 0 N–H and O–H groups in total. The summed E-state index contributed by atoms with van der Waals surface area (Å²) in [6.07, 6.45) is 1.22. The first-order valence-corrected chi connectivity index (χ1v) is 11.1. The molecule has 1 aliphatic rings. The maximum atomic E-state index is 12.8. The molecule has 0 amide bonds. The molecule has 1 aliphatic heterocycles. The Balaban J connectivity index is 1.30. The van der Waals surface area contributed by atoms with Crippen LogP contribution in [0, 0.1) is 0 Å². The summed E-state index contributed by atoms with van der Waals surface area (Å²) in [5.41, 5.74) is 1.12. The molecule has 7 nitrogen and oxygen atoms in total. The van der Waals surface area contributed by atoms with E-state index in [9.17, 15) is 8.42 Å². The molecule has 1 fully saturated rings. The number of rotatable bonds is 8. The lowest BCUT2D eigenvalue weighted by molar-refractivity contribution is 0.122. The third-order valence-electron chi connectivity index (χ3n) is 4.95. The Morgan fingerprint density at radius 3 is 2.55 bits per heavy atom. The fourth-order valence-corrected chi connectivity index (χ4v) is 4.87. The summed E-state index contributed by atoms with van der Waals surface area (Å²) in [6.45, 7) is 1.83. The van der Waals surface area contributed by atoms with Crippen molar-refractivity contribution in [2.75, 3.05) is 19.7 Å². The lowest BCUT2D eigenvalue weighted by Crippen LogP contribution is -2.28. The Hall–Kier alpha value is -2.55. The molecule has 1 unspecified atom stereocenters. The third-order valence-corrected chi connectivity index (χ3v) is 6.83. The molecule has 1 saturated heterocycles. The topological polar surface area (TPSA) is 85.5 Å². The monoisotopic (exact) mass is 413 g/mol. The number of hydrogen-bond acceptors (Lipinski definition) is 6. The van der Waals surface area contributed by atoms with Gasteiger partial charge in [-0.15, -0.1) is 0 Å². The fraction of sp³-hybridized carbons (Fsp3) is 0.333. The van der Waals surface area contributed by atoms with Crippen molar-refractivity contribution in [3.8, 4) is 0 Å². The van der Waals surface area contributed by atoms with Crippen molar-refractivity contribution in [1.29, 1.82) is 0 Å². The van der Waals surface area contributed by atoms with Crippen LogP contribution in [0.2, 0.25) is 0 Å². The van der Waals surface area contributed by atoms with Gasteiger partial charge >= 0.3 is 0 Å². The second kappa shape index (κ2) is 8.86. The van der Waals surface area contributed by atoms with Gasteiger partial charge in [0, 0.05) is 19.5 Å². The minimum atomic E-state index is -3.49. The highest BCUT2D eigenvalue weighted by molar-refractivity contribution is 7.89. The molecule has 1 atom stereocenters. The standard InChI is InChI=1S/C21H23N3O4S/c25-29(26,19-9-5-2-6-10-19)24-13-11-18(15-24)21-22-20(23-28-21)12-14-27-16-17-7-3-1-4-8-17/h1-10,18H,11-16H2. The summed E-state index contributed by atoms with van der Waals surface area (Å²) >= 11 is 0. The van der Waals surface area contributed by atoms with Crippen molar-refractivity contribution < 1.29 is 17.7 Å². The van der Waals surface area contributed by atoms with Gasteiger partial charge in [0.05, 0.1) is 24.0 Å². The number of hydrogen-bond donors (Lipinski definition) is 0. The second-order valence-electron chi connectivity index (χ2n) is 7.00. The first kappa shape index (κ1) is 19.8. The van der Waals surface area contributed by atoms with Gasteiger partial charge in [0.25, 0.3) is 0 Å². The van der Waals surface area contributed by atoms with Gasteiger partial charge in [-0.25, -0.2) is 8.42 Å². The van der Waals surface area contributed by atoms with Crippen LogP contribution < -0.4 is 0 Å². The average molecular weight is 413 g/mol. The van der Waals surface area contributed by atoms with Crippen molar-refractivity contribution in [2.24, 2.45) is 0 Å². The molecule has 1 aromatic heterocycles. The predicted octanol–water partition coefficient (Wildman–Crippen LogP) is 3.01. The van der Waals surface area contributed by atoms with Gasteiger partial charge in [-0.3, -0.25) is 0 Å². The molecular formula is C21H23N3O4S. The SMILES string of the molecule is O=S(=O)(c1ccccc1)N1CCC(c2nc(CCOCc3ccccc3)no2)C1. The largest absolute Gasteiger partial charge is 0.376 e. The lowest BCUT2D eigenvalue weighted by atomic mass is 10.1. The van der Waals surface area contributed by atoms with Gasteiger partial charge in [-0.05, 0) is 24.1 Å². The van der Waals surface area contributed by atoms with E-state index in [-0.39, 0.29) is 5.92 Å². The van der Waals surface area contributed by atoms with Crippen LogP contribution in [0.1, 0.15) is 29.6 Å². The number of ether oxygens (including phenoxy) is 1. The Morgan fingerprint density at radius 2 is 1.79 bits per heavy atom. The second-order valence-corrected chi connectivity index (χ2v) is 8.94. The summed E-state index contributed by atoms with van der Waals surface area (Å²) in [5.74, 6) is 0.992. The van der Waals surface area contributed by atoms with Crippen LogP contribution >= 0.6 is 0 Å². The fourth-order valence-electron chi connectivity index (χ4n) is 3.35. The Morgan fingerprint density at radius 1 is 1.07 bits per heavy atom. The average Bonchev–Trinajstić information content (AvgIpc) is 3.43. The normalized spacial score (nSPS) is 17.6. The molecule has 8 heteroatoms. The van der Waals surface area contributed by atoms with Crippen molar-refractivity contribution in [2.45, 2.75) is 30.3 Å². The van der Waals surface area contributed by atoms with E-state index >= 15 is 0 Å². The summed E-state index contributed by atoms with van der Waals surface area (Å²) < 4.78 is 38.0. The highest BCUT2D eigenvalue weighted by Gasteiger charge is 2.35. The van der Waals surface area contributed by atoms with E-state index in [4.69, 9.17) is 9.26 Å². The number of benzene rings is 2. The Labute approximate surface area is 170 Å². The van der Waals surface area contributed by atoms with Crippen LogP contribution in [0.3, 0.4) is 0 Å². The van der Waals surface area contributed by atoms with Gasteiger partial charge in [0.1, 0.15) is 0 Å². The summed E-state index contributed by atoms with van der Waals surface area (Å²) in [6, 6.07) is 18.4. The van der Waals surface area contributed by atoms with Crippen LogP contribution in [0.25, 0.3) is 0 Å². The van der Waals surface area contributed by atoms with E-state index in [0.717, 1.165) is 5.56 Å². The zero-order valence-corrected chi connectivity index (χ0v) is 16.8. The van der Waals surface area contributed by atoms with Crippen LogP contribution in [0.15, 0.2) is 70.1 Å². The van der Waals surface area contributed by atoms with Crippen LogP contribution in [-0.4, -0.2) is 42.6 Å². The van der Waals surface area contributed by atoms with Crippen molar-refractivity contribution in [3.63, 3.8) is 0 Å². The molecule has 0 radical (unpaired) electrons. The Kier molecular flexibility index (Phi) is 6.03. The summed E-state index contributed by atoms with van der Waals surface area (Å²) in [5, 5.41) is 4.02. The molecule has 4 rings (SSSR count). The molecule has 152 valence electrons. The first-order chi connectivity index (χ1) is 14.1. The molecule has 2 aromatic carbocycles. The predicted molar refractivity (Wildman–Crippen MR) is 107 cm³/mol. The van der Waals surface area contributed by atoms with Crippen LogP contribution in [0.4, 0.5) is 0 Å². The quantitative estimate of drug-likeness (QED) is 0.528. The highest BCUT2D eigenvalue weighted by atomic mass is 32.2. The molecule has 29 heavy (non-hydrogen) atoms. The highest BCUT2D eigenvalue weighted by Crippen LogP contribution is 2.30. The van der Waals surface area contributed by atoms with Crippen molar-refractivity contribution >= 4 is 10.0 Å². The van der Waals surface area contributed by atoms with Crippen LogP contribution in [0.5, 0.6) is 0 Å². The van der Waals surface area contributed by atoms with Gasteiger partial charge in [0.15, 0.2) is 5.82 Å². The first-order valence-electron chi connectivity index (χ1n) is 9.62. The smallest absolute Gasteiger partial charge is 0.243 e. The van der Waals surface area contributed by atoms with Crippen molar-refractivity contribution in [1.82, 2.24) is 14.4 Å².